The number of aromatic amines is 1. The topological polar surface area (TPSA) is 78.3 Å². The first-order valence-electron chi connectivity index (χ1n) is 7.36. The fourth-order valence-electron chi connectivity index (χ4n) is 3.37. The Hall–Kier alpha value is -1.41. The van der Waals surface area contributed by atoms with Gasteiger partial charge in [0.15, 0.2) is 4.73 Å². The zero-order valence-corrected chi connectivity index (χ0v) is 13.4. The molecule has 1 saturated heterocycles. The summed E-state index contributed by atoms with van der Waals surface area (Å²) in [4.78, 5) is 23.9. The van der Waals surface area contributed by atoms with Crippen LogP contribution in [0, 0.1) is 0 Å². The highest BCUT2D eigenvalue weighted by molar-refractivity contribution is 9.10. The third-order valence-corrected chi connectivity index (χ3v) is 4.89. The molecule has 2 aromatic heterocycles. The lowest BCUT2D eigenvalue weighted by Gasteiger charge is -2.49. The van der Waals surface area contributed by atoms with Crippen LogP contribution in [0.2, 0.25) is 0 Å². The van der Waals surface area contributed by atoms with E-state index in [0.29, 0.717) is 22.6 Å². The van der Waals surface area contributed by atoms with Crippen molar-refractivity contribution in [2.75, 3.05) is 18.0 Å². The lowest BCUT2D eigenvalue weighted by molar-refractivity contribution is 0.240. The summed E-state index contributed by atoms with van der Waals surface area (Å²) in [5, 5.41) is 6.42. The molecule has 0 spiro atoms. The summed E-state index contributed by atoms with van der Waals surface area (Å²) < 4.78 is 1.95. The number of nitrogens with zero attached hydrogens (tertiary/aromatic N) is 4. The number of halogens is 1. The SMILES string of the molecule is CCc1nc2nc(Br)[nH]n2c(=O)c1N1CCN[C@H]2CC[C@@H]21. The van der Waals surface area contributed by atoms with Gasteiger partial charge in [0.1, 0.15) is 5.69 Å². The maximum Gasteiger partial charge on any atom is 0.297 e. The number of H-pyrrole nitrogens is 1. The number of hydrogen-bond acceptors (Lipinski definition) is 5. The highest BCUT2D eigenvalue weighted by Crippen LogP contribution is 2.32. The molecule has 0 aromatic carbocycles. The molecule has 21 heavy (non-hydrogen) atoms. The van der Waals surface area contributed by atoms with E-state index in [1.54, 1.807) is 0 Å². The van der Waals surface area contributed by atoms with Crippen LogP contribution in [-0.4, -0.2) is 44.8 Å². The lowest BCUT2D eigenvalue weighted by Crippen LogP contribution is -2.64. The van der Waals surface area contributed by atoms with Crippen molar-refractivity contribution >= 4 is 27.4 Å². The Labute approximate surface area is 129 Å². The molecule has 0 amide bonds. The number of hydrogen-bond donors (Lipinski definition) is 2. The molecule has 2 fully saturated rings. The van der Waals surface area contributed by atoms with Gasteiger partial charge in [-0.1, -0.05) is 6.92 Å². The number of rotatable bonds is 2. The van der Waals surface area contributed by atoms with Gasteiger partial charge in [0.25, 0.3) is 11.3 Å². The summed E-state index contributed by atoms with van der Waals surface area (Å²) >= 11 is 3.27. The van der Waals surface area contributed by atoms with Crippen molar-refractivity contribution in [1.29, 1.82) is 0 Å². The average molecular weight is 353 g/mol. The Balaban J connectivity index is 1.90. The van der Waals surface area contributed by atoms with Gasteiger partial charge in [-0.2, -0.15) is 9.50 Å². The first kappa shape index (κ1) is 13.3. The largest absolute Gasteiger partial charge is 0.360 e. The second kappa shape index (κ2) is 4.81. The van der Waals surface area contributed by atoms with Crippen molar-refractivity contribution in [2.24, 2.45) is 0 Å². The molecule has 0 radical (unpaired) electrons. The van der Waals surface area contributed by atoms with Gasteiger partial charge in [0.2, 0.25) is 0 Å². The fourth-order valence-corrected chi connectivity index (χ4v) is 3.70. The number of aryl methyl sites for hydroxylation is 1. The first-order valence-corrected chi connectivity index (χ1v) is 8.15. The third-order valence-electron chi connectivity index (χ3n) is 4.54. The molecule has 112 valence electrons. The summed E-state index contributed by atoms with van der Waals surface area (Å²) in [6, 6.07) is 0.931. The van der Waals surface area contributed by atoms with E-state index in [0.717, 1.165) is 37.3 Å². The Kier molecular flexibility index (Phi) is 3.04. The van der Waals surface area contributed by atoms with E-state index >= 15 is 0 Å². The highest BCUT2D eigenvalue weighted by Gasteiger charge is 2.40. The average Bonchev–Trinajstić information content (AvgIpc) is 2.81. The number of fused-ring (bicyclic) bond motifs is 2. The van der Waals surface area contributed by atoms with Crippen molar-refractivity contribution in [3.63, 3.8) is 0 Å². The highest BCUT2D eigenvalue weighted by atomic mass is 79.9. The maximum atomic E-state index is 12.9. The smallest absolute Gasteiger partial charge is 0.297 e. The molecule has 1 saturated carbocycles. The summed E-state index contributed by atoms with van der Waals surface area (Å²) in [5.41, 5.74) is 1.52. The minimum atomic E-state index is -0.0531. The van der Waals surface area contributed by atoms with Gasteiger partial charge in [-0.3, -0.25) is 9.89 Å². The normalized spacial score (nSPS) is 25.0. The van der Waals surface area contributed by atoms with Gasteiger partial charge in [-0.05, 0) is 35.2 Å². The third kappa shape index (κ3) is 1.92. The van der Waals surface area contributed by atoms with Gasteiger partial charge < -0.3 is 10.2 Å². The van der Waals surface area contributed by atoms with Crippen LogP contribution in [0.25, 0.3) is 5.78 Å². The predicted molar refractivity (Wildman–Crippen MR) is 82.8 cm³/mol. The summed E-state index contributed by atoms with van der Waals surface area (Å²) in [6.07, 6.45) is 3.05. The Morgan fingerprint density at radius 2 is 2.24 bits per heavy atom. The van der Waals surface area contributed by atoms with Gasteiger partial charge in [-0.15, -0.1) is 0 Å². The molecule has 2 atom stereocenters. The maximum absolute atomic E-state index is 12.9. The number of piperazine rings is 1. The summed E-state index contributed by atoms with van der Waals surface area (Å²) in [7, 11) is 0. The summed E-state index contributed by atoms with van der Waals surface area (Å²) in [5.74, 6) is 0.424. The van der Waals surface area contributed by atoms with Crippen molar-refractivity contribution < 1.29 is 0 Å². The van der Waals surface area contributed by atoms with Gasteiger partial charge >= 0.3 is 0 Å². The quantitative estimate of drug-likeness (QED) is 0.831. The van der Waals surface area contributed by atoms with Crippen LogP contribution >= 0.6 is 15.9 Å². The molecular weight excluding hydrogens is 336 g/mol. The van der Waals surface area contributed by atoms with Crippen LogP contribution in [-0.2, 0) is 6.42 Å². The van der Waals surface area contributed by atoms with E-state index in [2.05, 4.69) is 41.2 Å². The second-order valence-electron chi connectivity index (χ2n) is 5.61. The molecule has 0 bridgehead atoms. The van der Waals surface area contributed by atoms with Gasteiger partial charge in [-0.25, -0.2) is 4.98 Å². The molecule has 2 N–H and O–H groups in total. The van der Waals surface area contributed by atoms with Crippen LogP contribution in [0.3, 0.4) is 0 Å². The Bertz CT molecular complexity index is 753. The van der Waals surface area contributed by atoms with Crippen LogP contribution < -0.4 is 15.8 Å². The van der Waals surface area contributed by atoms with Crippen LogP contribution in [0.5, 0.6) is 0 Å². The molecule has 4 rings (SSSR count). The number of anilines is 1. The number of aromatic nitrogens is 4. The van der Waals surface area contributed by atoms with Crippen LogP contribution in [0.4, 0.5) is 5.69 Å². The molecule has 7 nitrogen and oxygen atoms in total. The first-order chi connectivity index (χ1) is 10.2. The van der Waals surface area contributed by atoms with Crippen molar-refractivity contribution in [3.8, 4) is 0 Å². The monoisotopic (exact) mass is 352 g/mol. The lowest BCUT2D eigenvalue weighted by atomic mass is 9.83. The number of nitrogens with one attached hydrogen (secondary N) is 2. The van der Waals surface area contributed by atoms with Gasteiger partial charge in [0.05, 0.1) is 5.69 Å². The van der Waals surface area contributed by atoms with E-state index in [1.807, 2.05) is 6.92 Å². The van der Waals surface area contributed by atoms with Crippen molar-refractivity contribution in [1.82, 2.24) is 24.9 Å². The molecule has 2 aliphatic rings. The molecule has 2 aromatic rings. The fraction of sp³-hybridized carbons (Fsp3) is 0.615. The summed E-state index contributed by atoms with van der Waals surface area (Å²) in [6.45, 7) is 3.80. The molecular formula is C13H17BrN6O. The predicted octanol–water partition coefficient (Wildman–Crippen LogP) is 0.683. The zero-order valence-electron chi connectivity index (χ0n) is 11.8. The van der Waals surface area contributed by atoms with E-state index < -0.39 is 0 Å². The standard InChI is InChI=1S/C13H17BrN6O/c1-2-7-10(19-6-5-15-8-3-4-9(8)19)11(21)20-13(16-7)17-12(14)18-20/h8-9,15H,2-6H2,1H3,(H,16,17,18)/t8-,9-/m0/s1. The van der Waals surface area contributed by atoms with E-state index in [4.69, 9.17) is 0 Å². The minimum absolute atomic E-state index is 0.0531. The van der Waals surface area contributed by atoms with E-state index in [9.17, 15) is 4.79 Å². The molecule has 1 aliphatic heterocycles. The zero-order chi connectivity index (χ0) is 14.6. The van der Waals surface area contributed by atoms with Crippen molar-refractivity contribution in [2.45, 2.75) is 38.3 Å². The molecule has 8 heteroatoms. The minimum Gasteiger partial charge on any atom is -0.360 e. The van der Waals surface area contributed by atoms with E-state index in [-0.39, 0.29) is 5.56 Å². The van der Waals surface area contributed by atoms with Crippen LogP contribution in [0.1, 0.15) is 25.5 Å². The van der Waals surface area contributed by atoms with Gasteiger partial charge in [0, 0.05) is 25.2 Å². The molecule has 0 unspecified atom stereocenters. The Morgan fingerprint density at radius 3 is 2.95 bits per heavy atom. The second-order valence-corrected chi connectivity index (χ2v) is 6.37. The van der Waals surface area contributed by atoms with E-state index in [1.165, 1.54) is 10.9 Å². The molecule has 3 heterocycles. The van der Waals surface area contributed by atoms with Crippen molar-refractivity contribution in [3.05, 3.63) is 20.8 Å². The van der Waals surface area contributed by atoms with Crippen LogP contribution in [0.15, 0.2) is 9.53 Å². The molecule has 1 aliphatic carbocycles. The Morgan fingerprint density at radius 1 is 1.38 bits per heavy atom.